The van der Waals surface area contributed by atoms with Gasteiger partial charge in [0.25, 0.3) is 0 Å². The average molecular weight is 292 g/mol. The van der Waals surface area contributed by atoms with E-state index in [1.807, 2.05) is 0 Å². The van der Waals surface area contributed by atoms with Gasteiger partial charge in [0.05, 0.1) is 11.3 Å². The molecule has 116 valence electrons. The van der Waals surface area contributed by atoms with Crippen molar-refractivity contribution in [1.82, 2.24) is 5.32 Å². The lowest BCUT2D eigenvalue weighted by atomic mass is 9.82. The molecule has 0 aromatic heterocycles. The van der Waals surface area contributed by atoms with E-state index in [0.717, 1.165) is 0 Å². The molecule has 0 fully saturated rings. The molecule has 1 aromatic carbocycles. The summed E-state index contributed by atoms with van der Waals surface area (Å²) < 4.78 is 0. The van der Waals surface area contributed by atoms with Gasteiger partial charge in [-0.15, -0.1) is 0 Å². The molecule has 0 radical (unpaired) electrons. The second-order valence-corrected chi connectivity index (χ2v) is 6.40. The third-order valence-corrected chi connectivity index (χ3v) is 3.78. The van der Waals surface area contributed by atoms with Crippen molar-refractivity contribution in [3.63, 3.8) is 0 Å². The van der Waals surface area contributed by atoms with Crippen LogP contribution in [-0.2, 0) is 0 Å². The molecule has 21 heavy (non-hydrogen) atoms. The molecule has 5 nitrogen and oxygen atoms in total. The number of anilines is 1. The van der Waals surface area contributed by atoms with Crippen molar-refractivity contribution < 1.29 is 14.7 Å². The summed E-state index contributed by atoms with van der Waals surface area (Å²) in [5.74, 6) is -0.744. The highest BCUT2D eigenvalue weighted by atomic mass is 16.4. The highest BCUT2D eigenvalue weighted by molar-refractivity contribution is 6.01. The van der Waals surface area contributed by atoms with E-state index in [9.17, 15) is 14.7 Å². The van der Waals surface area contributed by atoms with Crippen molar-refractivity contribution in [3.8, 4) is 0 Å². The second kappa shape index (κ2) is 6.61. The number of hydrogen-bond donors (Lipinski definition) is 3. The summed E-state index contributed by atoms with van der Waals surface area (Å²) in [4.78, 5) is 23.2. The van der Waals surface area contributed by atoms with Crippen LogP contribution >= 0.6 is 0 Å². The predicted molar refractivity (Wildman–Crippen MR) is 83.8 cm³/mol. The molecule has 0 aliphatic heterocycles. The van der Waals surface area contributed by atoms with Crippen molar-refractivity contribution in [3.05, 3.63) is 29.3 Å². The standard InChI is InChI=1S/C16H24N2O3/c1-10-7-6-8-12(13(10)14(19)20)18-15(21)17-9-11(2)16(3,4)5/h6-8,11H,9H2,1-5H3,(H,19,20)(H2,17,18,21). The van der Waals surface area contributed by atoms with Crippen molar-refractivity contribution >= 4 is 17.7 Å². The van der Waals surface area contributed by atoms with Gasteiger partial charge < -0.3 is 15.7 Å². The molecular formula is C16H24N2O3. The smallest absolute Gasteiger partial charge is 0.338 e. The molecule has 1 aromatic rings. The fourth-order valence-corrected chi connectivity index (χ4v) is 1.77. The molecule has 0 spiro atoms. The number of aryl methyl sites for hydroxylation is 1. The Balaban J connectivity index is 2.72. The molecule has 2 amide bonds. The van der Waals surface area contributed by atoms with E-state index < -0.39 is 5.97 Å². The van der Waals surface area contributed by atoms with Gasteiger partial charge in [0.15, 0.2) is 0 Å². The number of carbonyl (C=O) groups excluding carboxylic acids is 1. The van der Waals surface area contributed by atoms with Crippen LogP contribution in [0.3, 0.4) is 0 Å². The van der Waals surface area contributed by atoms with E-state index >= 15 is 0 Å². The van der Waals surface area contributed by atoms with Crippen LogP contribution in [0.4, 0.5) is 10.5 Å². The number of carboxylic acids is 1. The Morgan fingerprint density at radius 1 is 1.29 bits per heavy atom. The van der Waals surface area contributed by atoms with E-state index in [4.69, 9.17) is 0 Å². The van der Waals surface area contributed by atoms with E-state index in [-0.39, 0.29) is 17.0 Å². The summed E-state index contributed by atoms with van der Waals surface area (Å²) in [6.07, 6.45) is 0. The normalized spacial score (nSPS) is 12.6. The van der Waals surface area contributed by atoms with Crippen LogP contribution in [-0.4, -0.2) is 23.7 Å². The van der Waals surface area contributed by atoms with Crippen LogP contribution in [0, 0.1) is 18.3 Å². The predicted octanol–water partition coefficient (Wildman–Crippen LogP) is 3.50. The maximum absolute atomic E-state index is 11.9. The zero-order valence-corrected chi connectivity index (χ0v) is 13.3. The highest BCUT2D eigenvalue weighted by Crippen LogP contribution is 2.24. The molecule has 1 atom stereocenters. The Morgan fingerprint density at radius 3 is 2.43 bits per heavy atom. The summed E-state index contributed by atoms with van der Waals surface area (Å²) in [5.41, 5.74) is 1.14. The number of amides is 2. The van der Waals surface area contributed by atoms with Crippen LogP contribution in [0.25, 0.3) is 0 Å². The fraction of sp³-hybridized carbons (Fsp3) is 0.500. The van der Waals surface area contributed by atoms with Crippen LogP contribution < -0.4 is 10.6 Å². The largest absolute Gasteiger partial charge is 0.478 e. The number of carboxylic acid groups (broad SMARTS) is 1. The minimum atomic E-state index is -1.05. The molecule has 0 saturated carbocycles. The van der Waals surface area contributed by atoms with Gasteiger partial charge in [-0.3, -0.25) is 0 Å². The number of carbonyl (C=O) groups is 2. The minimum absolute atomic E-state index is 0.100. The maximum Gasteiger partial charge on any atom is 0.338 e. The summed E-state index contributed by atoms with van der Waals surface area (Å²) in [5, 5.41) is 14.6. The Kier molecular flexibility index (Phi) is 5.35. The van der Waals surface area contributed by atoms with Crippen LogP contribution in [0.1, 0.15) is 43.6 Å². The number of hydrogen-bond acceptors (Lipinski definition) is 2. The molecule has 5 heteroatoms. The first kappa shape index (κ1) is 17.0. The molecular weight excluding hydrogens is 268 g/mol. The third-order valence-electron chi connectivity index (χ3n) is 3.78. The van der Waals surface area contributed by atoms with Gasteiger partial charge in [-0.25, -0.2) is 9.59 Å². The number of urea groups is 1. The first-order chi connectivity index (χ1) is 9.62. The number of aromatic carboxylic acids is 1. The molecule has 1 unspecified atom stereocenters. The zero-order chi connectivity index (χ0) is 16.2. The van der Waals surface area contributed by atoms with E-state index in [1.165, 1.54) is 0 Å². The maximum atomic E-state index is 11.9. The Bertz CT molecular complexity index is 533. The number of benzene rings is 1. The SMILES string of the molecule is Cc1cccc(NC(=O)NCC(C)C(C)(C)C)c1C(=O)O. The second-order valence-electron chi connectivity index (χ2n) is 6.40. The van der Waals surface area contributed by atoms with Gasteiger partial charge in [0, 0.05) is 6.54 Å². The summed E-state index contributed by atoms with van der Waals surface area (Å²) in [6.45, 7) is 10.6. The van der Waals surface area contributed by atoms with E-state index in [1.54, 1.807) is 25.1 Å². The van der Waals surface area contributed by atoms with Crippen LogP contribution in [0.2, 0.25) is 0 Å². The first-order valence-electron chi connectivity index (χ1n) is 7.00. The van der Waals surface area contributed by atoms with Gasteiger partial charge in [0.1, 0.15) is 0 Å². The first-order valence-corrected chi connectivity index (χ1v) is 7.00. The van der Waals surface area contributed by atoms with Gasteiger partial charge in [0.2, 0.25) is 0 Å². The van der Waals surface area contributed by atoms with Crippen molar-refractivity contribution in [2.45, 2.75) is 34.6 Å². The topological polar surface area (TPSA) is 78.4 Å². The van der Waals surface area contributed by atoms with Crippen LogP contribution in [0.15, 0.2) is 18.2 Å². The van der Waals surface area contributed by atoms with Gasteiger partial charge in [-0.05, 0) is 29.9 Å². The van der Waals surface area contributed by atoms with E-state index in [0.29, 0.717) is 23.7 Å². The Hall–Kier alpha value is -2.04. The zero-order valence-electron chi connectivity index (χ0n) is 13.3. The molecule has 1 rings (SSSR count). The van der Waals surface area contributed by atoms with Crippen molar-refractivity contribution in [1.29, 1.82) is 0 Å². The lowest BCUT2D eigenvalue weighted by Gasteiger charge is -2.27. The molecule has 0 saturated heterocycles. The minimum Gasteiger partial charge on any atom is -0.478 e. The summed E-state index contributed by atoms with van der Waals surface area (Å²) in [7, 11) is 0. The lowest BCUT2D eigenvalue weighted by Crippen LogP contribution is -2.36. The van der Waals surface area contributed by atoms with Crippen LogP contribution in [0.5, 0.6) is 0 Å². The number of nitrogens with one attached hydrogen (secondary N) is 2. The van der Waals surface area contributed by atoms with Gasteiger partial charge in [-0.1, -0.05) is 39.8 Å². The number of rotatable bonds is 4. The monoisotopic (exact) mass is 292 g/mol. The third kappa shape index (κ3) is 4.77. The van der Waals surface area contributed by atoms with Gasteiger partial charge >= 0.3 is 12.0 Å². The molecule has 0 bridgehead atoms. The van der Waals surface area contributed by atoms with Crippen molar-refractivity contribution in [2.75, 3.05) is 11.9 Å². The summed E-state index contributed by atoms with van der Waals surface area (Å²) >= 11 is 0. The highest BCUT2D eigenvalue weighted by Gasteiger charge is 2.21. The Morgan fingerprint density at radius 2 is 1.90 bits per heavy atom. The lowest BCUT2D eigenvalue weighted by molar-refractivity contribution is 0.0697. The van der Waals surface area contributed by atoms with Gasteiger partial charge in [-0.2, -0.15) is 0 Å². The Labute approximate surface area is 125 Å². The molecule has 0 heterocycles. The van der Waals surface area contributed by atoms with Crippen molar-refractivity contribution in [2.24, 2.45) is 11.3 Å². The molecule has 0 aliphatic carbocycles. The quantitative estimate of drug-likeness (QED) is 0.794. The summed E-state index contributed by atoms with van der Waals surface area (Å²) in [6, 6.07) is 4.62. The van der Waals surface area contributed by atoms with E-state index in [2.05, 4.69) is 38.3 Å². The molecule has 0 aliphatic rings. The average Bonchev–Trinajstić information content (AvgIpc) is 2.34. The fourth-order valence-electron chi connectivity index (χ4n) is 1.77. The molecule has 3 N–H and O–H groups in total.